The fourth-order valence-corrected chi connectivity index (χ4v) is 1.55. The molecule has 3 nitrogen and oxygen atoms in total. The molecule has 0 aliphatic carbocycles. The molecule has 1 heterocycles. The molecule has 0 aliphatic heterocycles. The summed E-state index contributed by atoms with van der Waals surface area (Å²) < 4.78 is 1.69. The maximum atomic E-state index is 5.86. The zero-order chi connectivity index (χ0) is 10.1. The van der Waals surface area contributed by atoms with Crippen molar-refractivity contribution in [2.45, 2.75) is 6.92 Å². The van der Waals surface area contributed by atoms with Crippen molar-refractivity contribution < 1.29 is 0 Å². The van der Waals surface area contributed by atoms with Crippen LogP contribution in [-0.2, 0) is 0 Å². The van der Waals surface area contributed by atoms with Gasteiger partial charge in [-0.3, -0.25) is 0 Å². The van der Waals surface area contributed by atoms with Crippen LogP contribution < -0.4 is 5.73 Å². The Bertz CT molecular complexity index is 442. The number of rotatable bonds is 1. The number of aromatic nitrogens is 2. The third kappa shape index (κ3) is 1.46. The topological polar surface area (TPSA) is 43.8 Å². The molecule has 72 valence electrons. The van der Waals surface area contributed by atoms with E-state index in [0.717, 1.165) is 11.3 Å². The molecule has 0 fully saturated rings. The normalized spacial score (nSPS) is 10.4. The van der Waals surface area contributed by atoms with Crippen LogP contribution in [0.4, 0.5) is 5.69 Å². The molecule has 0 amide bonds. The Balaban J connectivity index is 2.61. The van der Waals surface area contributed by atoms with Crippen molar-refractivity contribution in [2.24, 2.45) is 0 Å². The van der Waals surface area contributed by atoms with Crippen LogP contribution >= 0.6 is 11.6 Å². The number of nitrogen functional groups attached to an aromatic ring is 1. The molecular weight excluding hydrogens is 198 g/mol. The Morgan fingerprint density at radius 1 is 1.43 bits per heavy atom. The van der Waals surface area contributed by atoms with Gasteiger partial charge in [0, 0.05) is 6.20 Å². The Hall–Kier alpha value is -1.48. The fourth-order valence-electron chi connectivity index (χ4n) is 1.42. The van der Waals surface area contributed by atoms with E-state index in [0.29, 0.717) is 10.7 Å². The number of halogens is 1. The van der Waals surface area contributed by atoms with Gasteiger partial charge < -0.3 is 5.73 Å². The Kier molecular flexibility index (Phi) is 2.17. The van der Waals surface area contributed by atoms with E-state index in [9.17, 15) is 0 Å². The highest BCUT2D eigenvalue weighted by atomic mass is 35.5. The van der Waals surface area contributed by atoms with Gasteiger partial charge in [0.05, 0.1) is 22.6 Å². The van der Waals surface area contributed by atoms with Crippen molar-refractivity contribution in [1.82, 2.24) is 9.78 Å². The summed E-state index contributed by atoms with van der Waals surface area (Å²) in [5.41, 5.74) is 8.52. The van der Waals surface area contributed by atoms with Gasteiger partial charge >= 0.3 is 0 Å². The van der Waals surface area contributed by atoms with Gasteiger partial charge in [-0.1, -0.05) is 23.7 Å². The van der Waals surface area contributed by atoms with Crippen LogP contribution in [0.15, 0.2) is 30.6 Å². The number of nitrogens with two attached hydrogens (primary N) is 1. The minimum Gasteiger partial charge on any atom is -0.397 e. The Labute approximate surface area is 87.1 Å². The largest absolute Gasteiger partial charge is 0.397 e. The van der Waals surface area contributed by atoms with Crippen LogP contribution in [0.25, 0.3) is 5.69 Å². The standard InChI is InChI=1S/C10H10ClN3/c1-7-3-2-4-9(12)10(7)14-6-8(11)5-13-14/h2-6H,12H2,1H3. The van der Waals surface area contributed by atoms with Gasteiger partial charge in [0.15, 0.2) is 0 Å². The number of aryl methyl sites for hydroxylation is 1. The first-order valence-electron chi connectivity index (χ1n) is 4.24. The van der Waals surface area contributed by atoms with Crippen LogP contribution in [-0.4, -0.2) is 9.78 Å². The third-order valence-corrected chi connectivity index (χ3v) is 2.24. The van der Waals surface area contributed by atoms with Crippen LogP contribution in [0, 0.1) is 6.92 Å². The molecule has 0 bridgehead atoms. The monoisotopic (exact) mass is 207 g/mol. The van der Waals surface area contributed by atoms with Crippen molar-refractivity contribution in [3.8, 4) is 5.69 Å². The van der Waals surface area contributed by atoms with Crippen molar-refractivity contribution in [2.75, 3.05) is 5.73 Å². The number of benzene rings is 1. The number of hydrogen-bond acceptors (Lipinski definition) is 2. The molecule has 0 unspecified atom stereocenters. The molecule has 0 saturated heterocycles. The summed E-state index contributed by atoms with van der Waals surface area (Å²) in [4.78, 5) is 0. The average molecular weight is 208 g/mol. The predicted octanol–water partition coefficient (Wildman–Crippen LogP) is 2.42. The van der Waals surface area contributed by atoms with Gasteiger partial charge in [0.1, 0.15) is 0 Å². The lowest BCUT2D eigenvalue weighted by molar-refractivity contribution is 0.875. The number of para-hydroxylation sites is 1. The quantitative estimate of drug-likeness (QED) is 0.730. The summed E-state index contributed by atoms with van der Waals surface area (Å²) in [6, 6.07) is 5.75. The third-order valence-electron chi connectivity index (χ3n) is 2.05. The molecule has 0 aliphatic rings. The smallest absolute Gasteiger partial charge is 0.0904 e. The molecular formula is C10H10ClN3. The fraction of sp³-hybridized carbons (Fsp3) is 0.100. The van der Waals surface area contributed by atoms with E-state index >= 15 is 0 Å². The van der Waals surface area contributed by atoms with E-state index in [1.165, 1.54) is 0 Å². The predicted molar refractivity (Wildman–Crippen MR) is 57.7 cm³/mol. The van der Waals surface area contributed by atoms with Gasteiger partial charge in [-0.15, -0.1) is 0 Å². The lowest BCUT2D eigenvalue weighted by Crippen LogP contribution is -2.02. The highest BCUT2D eigenvalue weighted by Crippen LogP contribution is 2.21. The first kappa shape index (κ1) is 9.09. The van der Waals surface area contributed by atoms with Crippen molar-refractivity contribution >= 4 is 17.3 Å². The molecule has 1 aromatic heterocycles. The van der Waals surface area contributed by atoms with Crippen molar-refractivity contribution in [3.63, 3.8) is 0 Å². The number of hydrogen-bond donors (Lipinski definition) is 1. The van der Waals surface area contributed by atoms with Gasteiger partial charge in [-0.25, -0.2) is 4.68 Å². The molecule has 0 radical (unpaired) electrons. The SMILES string of the molecule is Cc1cccc(N)c1-n1cc(Cl)cn1. The summed E-state index contributed by atoms with van der Waals surface area (Å²) in [6.45, 7) is 1.99. The van der Waals surface area contributed by atoms with Gasteiger partial charge in [0.25, 0.3) is 0 Å². The second-order valence-corrected chi connectivity index (χ2v) is 3.55. The molecule has 0 saturated carbocycles. The zero-order valence-corrected chi connectivity index (χ0v) is 8.49. The van der Waals surface area contributed by atoms with Crippen molar-refractivity contribution in [3.05, 3.63) is 41.2 Å². The second-order valence-electron chi connectivity index (χ2n) is 3.12. The second kappa shape index (κ2) is 3.35. The van der Waals surface area contributed by atoms with Gasteiger partial charge in [0.2, 0.25) is 0 Å². The zero-order valence-electron chi connectivity index (χ0n) is 7.74. The van der Waals surface area contributed by atoms with E-state index in [1.54, 1.807) is 17.1 Å². The molecule has 2 rings (SSSR count). The molecule has 2 N–H and O–H groups in total. The summed E-state index contributed by atoms with van der Waals surface area (Å²) >= 11 is 5.79. The molecule has 1 aromatic carbocycles. The summed E-state index contributed by atoms with van der Waals surface area (Å²) in [6.07, 6.45) is 3.33. The maximum absolute atomic E-state index is 5.86. The van der Waals surface area contributed by atoms with Crippen LogP contribution in [0.1, 0.15) is 5.56 Å². The first-order valence-corrected chi connectivity index (χ1v) is 4.62. The highest BCUT2D eigenvalue weighted by molar-refractivity contribution is 6.30. The molecule has 14 heavy (non-hydrogen) atoms. The van der Waals surface area contributed by atoms with Crippen LogP contribution in [0.3, 0.4) is 0 Å². The molecule has 0 atom stereocenters. The first-order chi connectivity index (χ1) is 6.68. The minimum absolute atomic E-state index is 0.604. The summed E-state index contributed by atoms with van der Waals surface area (Å²) in [5.74, 6) is 0. The van der Waals surface area contributed by atoms with Crippen molar-refractivity contribution in [1.29, 1.82) is 0 Å². The molecule has 2 aromatic rings. The van der Waals surface area contributed by atoms with Gasteiger partial charge in [-0.05, 0) is 18.6 Å². The number of anilines is 1. The molecule has 4 heteroatoms. The van der Waals surface area contributed by atoms with Crippen LogP contribution in [0.2, 0.25) is 5.02 Å². The minimum atomic E-state index is 0.604. The van der Waals surface area contributed by atoms with E-state index in [1.807, 2.05) is 25.1 Å². The highest BCUT2D eigenvalue weighted by Gasteiger charge is 2.05. The van der Waals surface area contributed by atoms with Gasteiger partial charge in [-0.2, -0.15) is 5.10 Å². The summed E-state index contributed by atoms with van der Waals surface area (Å²) in [5, 5.41) is 4.72. The van der Waals surface area contributed by atoms with E-state index < -0.39 is 0 Å². The van der Waals surface area contributed by atoms with E-state index in [2.05, 4.69) is 5.10 Å². The lowest BCUT2D eigenvalue weighted by Gasteiger charge is -2.08. The summed E-state index contributed by atoms with van der Waals surface area (Å²) in [7, 11) is 0. The lowest BCUT2D eigenvalue weighted by atomic mass is 10.2. The molecule has 0 spiro atoms. The maximum Gasteiger partial charge on any atom is 0.0904 e. The Morgan fingerprint density at radius 2 is 2.21 bits per heavy atom. The average Bonchev–Trinajstić information content (AvgIpc) is 2.51. The van der Waals surface area contributed by atoms with Crippen LogP contribution in [0.5, 0.6) is 0 Å². The van der Waals surface area contributed by atoms with E-state index in [4.69, 9.17) is 17.3 Å². The van der Waals surface area contributed by atoms with E-state index in [-0.39, 0.29) is 0 Å². The number of nitrogens with zero attached hydrogens (tertiary/aromatic N) is 2. The Morgan fingerprint density at radius 3 is 2.79 bits per heavy atom.